The van der Waals surface area contributed by atoms with Crippen molar-refractivity contribution in [3.8, 4) is 0 Å². The molecule has 0 saturated heterocycles. The summed E-state index contributed by atoms with van der Waals surface area (Å²) in [7, 11) is 0. The first kappa shape index (κ1) is 3.40. The number of nitrogens with zero attached hydrogens (tertiary/aromatic N) is 1. The smallest absolute Gasteiger partial charge is 0.0921 e. The second-order valence-corrected chi connectivity index (χ2v) is 1.23. The zero-order chi connectivity index (χ0) is 4.41. The van der Waals surface area contributed by atoms with Gasteiger partial charge in [-0.1, -0.05) is 0 Å². The number of imidazole rings is 1. The van der Waals surface area contributed by atoms with Crippen molar-refractivity contribution < 1.29 is 1.43 Å². The molecule has 1 N–H and O–H groups in total. The van der Waals surface area contributed by atoms with Gasteiger partial charge in [0.25, 0.3) is 0 Å². The highest BCUT2D eigenvalue weighted by Crippen LogP contribution is 1.81. The van der Waals surface area contributed by atoms with Crippen LogP contribution in [0.1, 0.15) is 7.12 Å². The molecule has 0 unspecified atom stereocenters. The van der Waals surface area contributed by atoms with Crippen LogP contribution in [0.2, 0.25) is 0 Å². The second kappa shape index (κ2) is 1.12. The molecule has 0 bridgehead atoms. The molecule has 6 heavy (non-hydrogen) atoms. The van der Waals surface area contributed by atoms with Crippen LogP contribution in [0.25, 0.3) is 0 Å². The number of hydrogen-bond donors (Lipinski definition) is 1. The minimum absolute atomic E-state index is 0. The van der Waals surface area contributed by atoms with Gasteiger partial charge in [0.1, 0.15) is 0 Å². The van der Waals surface area contributed by atoms with Gasteiger partial charge in [-0.15, -0.1) is 0 Å². The fourth-order valence-corrected chi connectivity index (χ4v) is 0.325. The number of aromatic nitrogens is 2. The highest BCUT2D eigenvalue weighted by Gasteiger charge is 1.73. The van der Waals surface area contributed by atoms with Crippen LogP contribution in [0.5, 0.6) is 0 Å². The fourth-order valence-electron chi connectivity index (χ4n) is 0.325. The fraction of sp³-hybridized carbons (Fsp3) is 0.250. The first-order valence-corrected chi connectivity index (χ1v) is 1.84. The molecule has 1 rings (SSSR count). The Morgan fingerprint density at radius 3 is 3.00 bits per heavy atom. The van der Waals surface area contributed by atoms with Crippen molar-refractivity contribution in [2.75, 3.05) is 0 Å². The Kier molecular flexibility index (Phi) is 0.638. The summed E-state index contributed by atoms with van der Waals surface area (Å²) >= 11 is 0. The molecule has 1 heterocycles. The molecule has 0 spiro atoms. The van der Waals surface area contributed by atoms with Crippen molar-refractivity contribution in [2.45, 2.75) is 6.92 Å². The van der Waals surface area contributed by atoms with Crippen molar-refractivity contribution >= 4 is 0 Å². The molecule has 0 radical (unpaired) electrons. The van der Waals surface area contributed by atoms with Gasteiger partial charge in [0.15, 0.2) is 0 Å². The molecule has 0 atom stereocenters. The van der Waals surface area contributed by atoms with Gasteiger partial charge in [0, 0.05) is 13.3 Å². The molecule has 0 aliphatic rings. The summed E-state index contributed by atoms with van der Waals surface area (Å²) in [6.07, 6.45) is 3.44. The van der Waals surface area contributed by atoms with Crippen LogP contribution in [0.15, 0.2) is 12.5 Å². The van der Waals surface area contributed by atoms with E-state index in [2.05, 4.69) is 9.97 Å². The molecular weight excluding hydrogens is 76.1 g/mol. The average molecular weight is 84.1 g/mol. The predicted octanol–water partition coefficient (Wildman–Crippen LogP) is 0.964. The maximum atomic E-state index is 3.77. The minimum atomic E-state index is 0. The quantitative estimate of drug-likeness (QED) is 0.498. The van der Waals surface area contributed by atoms with Gasteiger partial charge in [-0.05, 0) is 6.92 Å². The third kappa shape index (κ3) is 0.407. The minimum Gasteiger partial charge on any atom is -0.349 e. The van der Waals surface area contributed by atoms with E-state index >= 15 is 0 Å². The Bertz CT molecular complexity index is 113. The van der Waals surface area contributed by atoms with E-state index in [9.17, 15) is 0 Å². The van der Waals surface area contributed by atoms with Gasteiger partial charge < -0.3 is 4.98 Å². The van der Waals surface area contributed by atoms with E-state index in [-0.39, 0.29) is 1.43 Å². The Morgan fingerprint density at radius 1 is 2.00 bits per heavy atom. The van der Waals surface area contributed by atoms with Crippen LogP contribution >= 0.6 is 0 Å². The van der Waals surface area contributed by atoms with Crippen LogP contribution < -0.4 is 0 Å². The Labute approximate surface area is 37.7 Å². The summed E-state index contributed by atoms with van der Waals surface area (Å²) < 4.78 is 0. The summed E-state index contributed by atoms with van der Waals surface area (Å²) in [5.74, 6) is 0. The van der Waals surface area contributed by atoms with E-state index < -0.39 is 0 Å². The molecule has 0 fully saturated rings. The molecule has 1 aromatic heterocycles. The lowest BCUT2D eigenvalue weighted by Gasteiger charge is -1.67. The molecule has 2 heteroatoms. The predicted molar refractivity (Wildman–Crippen MR) is 25.4 cm³/mol. The molecule has 0 saturated carbocycles. The second-order valence-electron chi connectivity index (χ2n) is 1.23. The molecule has 34 valence electrons. The molecule has 2 nitrogen and oxygen atoms in total. The molecule has 0 amide bonds. The summed E-state index contributed by atoms with van der Waals surface area (Å²) in [5, 5.41) is 0. The lowest BCUT2D eigenvalue weighted by molar-refractivity contribution is 1.25. The molecule has 0 aliphatic heterocycles. The van der Waals surface area contributed by atoms with Crippen molar-refractivity contribution in [3.05, 3.63) is 18.2 Å². The van der Waals surface area contributed by atoms with E-state index in [1.807, 2.05) is 6.92 Å². The van der Waals surface area contributed by atoms with Crippen LogP contribution in [0.4, 0.5) is 0 Å². The maximum absolute atomic E-state index is 3.77. The van der Waals surface area contributed by atoms with Crippen molar-refractivity contribution in [1.29, 1.82) is 0 Å². The highest BCUT2D eigenvalue weighted by molar-refractivity contribution is 4.87. The van der Waals surface area contributed by atoms with Crippen molar-refractivity contribution in [1.82, 2.24) is 9.97 Å². The number of hydrogen-bond acceptors (Lipinski definition) is 1. The van der Waals surface area contributed by atoms with E-state index in [4.69, 9.17) is 0 Å². The van der Waals surface area contributed by atoms with Crippen molar-refractivity contribution in [2.24, 2.45) is 0 Å². The van der Waals surface area contributed by atoms with E-state index in [1.165, 1.54) is 0 Å². The Hall–Kier alpha value is -0.790. The molecule has 1 aromatic rings. The molecule has 0 aliphatic carbocycles. The standard InChI is InChI=1S/C4H6N2.H2/c1-4-2-5-3-6-4;/h2-3H,1H3,(H,5,6);1H. The topological polar surface area (TPSA) is 28.7 Å². The summed E-state index contributed by atoms with van der Waals surface area (Å²) in [4.78, 5) is 6.66. The highest BCUT2D eigenvalue weighted by atomic mass is 14.8. The first-order valence-electron chi connectivity index (χ1n) is 1.84. The molecular formula is C4H8N2. The number of nitrogens with one attached hydrogen (secondary N) is 1. The zero-order valence-corrected chi connectivity index (χ0v) is 3.60. The number of rotatable bonds is 0. The van der Waals surface area contributed by atoms with Crippen LogP contribution in [0.3, 0.4) is 0 Å². The lowest BCUT2D eigenvalue weighted by atomic mass is 10.6. The van der Waals surface area contributed by atoms with Gasteiger partial charge in [0.05, 0.1) is 6.33 Å². The summed E-state index contributed by atoms with van der Waals surface area (Å²) in [6, 6.07) is 0. The van der Waals surface area contributed by atoms with Gasteiger partial charge in [-0.3, -0.25) is 0 Å². The van der Waals surface area contributed by atoms with Crippen molar-refractivity contribution in [3.63, 3.8) is 0 Å². The third-order valence-corrected chi connectivity index (χ3v) is 0.635. The molecule has 0 aromatic carbocycles. The maximum Gasteiger partial charge on any atom is 0.0921 e. The van der Waals surface area contributed by atoms with Crippen LogP contribution in [0, 0.1) is 6.92 Å². The summed E-state index contributed by atoms with van der Waals surface area (Å²) in [6.45, 7) is 1.97. The monoisotopic (exact) mass is 84.1 g/mol. The van der Waals surface area contributed by atoms with Gasteiger partial charge in [-0.2, -0.15) is 0 Å². The zero-order valence-electron chi connectivity index (χ0n) is 3.60. The number of aromatic amines is 1. The number of aryl methyl sites for hydroxylation is 1. The SMILES string of the molecule is Cc1cnc[nH]1.[HH]. The van der Waals surface area contributed by atoms with E-state index in [1.54, 1.807) is 12.5 Å². The first-order chi connectivity index (χ1) is 2.89. The van der Waals surface area contributed by atoms with Crippen LogP contribution in [-0.2, 0) is 0 Å². The van der Waals surface area contributed by atoms with E-state index in [0.29, 0.717) is 0 Å². The van der Waals surface area contributed by atoms with Gasteiger partial charge in [0.2, 0.25) is 0 Å². The average Bonchev–Trinajstić information content (AvgIpc) is 1.86. The largest absolute Gasteiger partial charge is 0.349 e. The van der Waals surface area contributed by atoms with Gasteiger partial charge in [-0.25, -0.2) is 4.98 Å². The lowest BCUT2D eigenvalue weighted by Crippen LogP contribution is -1.59. The third-order valence-electron chi connectivity index (χ3n) is 0.635. The number of H-pyrrole nitrogens is 1. The van der Waals surface area contributed by atoms with Crippen LogP contribution in [-0.4, -0.2) is 9.97 Å². The van der Waals surface area contributed by atoms with E-state index in [0.717, 1.165) is 5.69 Å². The summed E-state index contributed by atoms with van der Waals surface area (Å²) in [5.41, 5.74) is 1.11. The van der Waals surface area contributed by atoms with Gasteiger partial charge >= 0.3 is 0 Å². The Balaban J connectivity index is 0.000000360. The Morgan fingerprint density at radius 2 is 2.83 bits per heavy atom. The normalized spacial score (nSPS) is 8.83.